The molecule has 1 rings (SSSR count). The Bertz CT molecular complexity index is 393. The SMILES string of the molecule is CC(=O)OCc1cc(C#N)ccc1O. The van der Waals surface area contributed by atoms with Gasteiger partial charge in [0.25, 0.3) is 0 Å². The quantitative estimate of drug-likeness (QED) is 0.716. The molecule has 0 atom stereocenters. The van der Waals surface area contributed by atoms with Gasteiger partial charge >= 0.3 is 5.97 Å². The highest BCUT2D eigenvalue weighted by Gasteiger charge is 2.04. The number of hydrogen-bond donors (Lipinski definition) is 1. The molecule has 4 nitrogen and oxygen atoms in total. The monoisotopic (exact) mass is 191 g/mol. The van der Waals surface area contributed by atoms with E-state index in [0.29, 0.717) is 11.1 Å². The number of rotatable bonds is 2. The Hall–Kier alpha value is -2.02. The Balaban J connectivity index is 2.85. The normalized spacial score (nSPS) is 9.14. The first-order valence-electron chi connectivity index (χ1n) is 3.99. The van der Waals surface area contributed by atoms with Crippen molar-refractivity contribution in [2.24, 2.45) is 0 Å². The minimum Gasteiger partial charge on any atom is -0.508 e. The molecule has 0 saturated carbocycles. The highest BCUT2D eigenvalue weighted by Crippen LogP contribution is 2.18. The van der Waals surface area contributed by atoms with Crippen molar-refractivity contribution in [3.63, 3.8) is 0 Å². The van der Waals surface area contributed by atoms with Crippen LogP contribution in [0.5, 0.6) is 5.75 Å². The zero-order chi connectivity index (χ0) is 10.6. The van der Waals surface area contributed by atoms with Gasteiger partial charge in [-0.25, -0.2) is 0 Å². The summed E-state index contributed by atoms with van der Waals surface area (Å²) < 4.78 is 4.70. The second-order valence-electron chi connectivity index (χ2n) is 2.74. The van der Waals surface area contributed by atoms with Gasteiger partial charge in [0.05, 0.1) is 11.6 Å². The molecule has 0 amide bonds. The van der Waals surface area contributed by atoms with Crippen LogP contribution in [0.15, 0.2) is 18.2 Å². The smallest absolute Gasteiger partial charge is 0.302 e. The third-order valence-electron chi connectivity index (χ3n) is 1.64. The van der Waals surface area contributed by atoms with E-state index in [1.807, 2.05) is 6.07 Å². The van der Waals surface area contributed by atoms with Crippen LogP contribution in [0.3, 0.4) is 0 Å². The zero-order valence-electron chi connectivity index (χ0n) is 7.65. The summed E-state index contributed by atoms with van der Waals surface area (Å²) in [7, 11) is 0. The maximum absolute atomic E-state index is 10.5. The number of nitrogens with zero attached hydrogens (tertiary/aromatic N) is 1. The van der Waals surface area contributed by atoms with Crippen molar-refractivity contribution in [1.29, 1.82) is 5.26 Å². The Labute approximate surface area is 81.4 Å². The molecule has 72 valence electrons. The van der Waals surface area contributed by atoms with Crippen LogP contribution in [0.25, 0.3) is 0 Å². The molecule has 0 fully saturated rings. The molecule has 14 heavy (non-hydrogen) atoms. The van der Waals surface area contributed by atoms with E-state index in [2.05, 4.69) is 0 Å². The summed E-state index contributed by atoms with van der Waals surface area (Å²) in [5, 5.41) is 17.9. The summed E-state index contributed by atoms with van der Waals surface area (Å²) in [6, 6.07) is 6.31. The molecule has 0 spiro atoms. The van der Waals surface area contributed by atoms with Crippen molar-refractivity contribution in [3.05, 3.63) is 29.3 Å². The van der Waals surface area contributed by atoms with E-state index in [1.54, 1.807) is 0 Å². The molecule has 0 saturated heterocycles. The number of benzene rings is 1. The lowest BCUT2D eigenvalue weighted by atomic mass is 10.1. The first kappa shape index (κ1) is 10.1. The highest BCUT2D eigenvalue weighted by molar-refractivity contribution is 5.66. The molecule has 0 aliphatic rings. The number of aromatic hydroxyl groups is 1. The molecular weight excluding hydrogens is 182 g/mol. The fourth-order valence-electron chi connectivity index (χ4n) is 0.950. The molecule has 1 aromatic carbocycles. The van der Waals surface area contributed by atoms with Crippen molar-refractivity contribution in [1.82, 2.24) is 0 Å². The number of phenols is 1. The van der Waals surface area contributed by atoms with E-state index in [4.69, 9.17) is 10.00 Å². The van der Waals surface area contributed by atoms with Gasteiger partial charge in [0.2, 0.25) is 0 Å². The van der Waals surface area contributed by atoms with Crippen LogP contribution in [0, 0.1) is 11.3 Å². The van der Waals surface area contributed by atoms with E-state index in [1.165, 1.54) is 25.1 Å². The largest absolute Gasteiger partial charge is 0.508 e. The molecule has 1 aromatic rings. The lowest BCUT2D eigenvalue weighted by molar-refractivity contribution is -0.142. The summed E-state index contributed by atoms with van der Waals surface area (Å²) in [5.41, 5.74) is 0.851. The Morgan fingerprint density at radius 2 is 2.36 bits per heavy atom. The second-order valence-corrected chi connectivity index (χ2v) is 2.74. The number of phenolic OH excluding ortho intramolecular Hbond substituents is 1. The van der Waals surface area contributed by atoms with E-state index in [9.17, 15) is 9.90 Å². The maximum Gasteiger partial charge on any atom is 0.302 e. The van der Waals surface area contributed by atoms with Crippen LogP contribution in [-0.2, 0) is 16.1 Å². The molecular formula is C10H9NO3. The maximum atomic E-state index is 10.5. The summed E-state index contributed by atoms with van der Waals surface area (Å²) >= 11 is 0. The minimum absolute atomic E-state index is 0.0172. The van der Waals surface area contributed by atoms with Gasteiger partial charge in [-0.3, -0.25) is 4.79 Å². The standard InChI is InChI=1S/C10H9NO3/c1-7(12)14-6-9-4-8(5-11)2-3-10(9)13/h2-4,13H,6H2,1H3. The third kappa shape index (κ3) is 2.49. The number of carbonyl (C=O) groups is 1. The number of hydrogen-bond acceptors (Lipinski definition) is 4. The van der Waals surface area contributed by atoms with Crippen LogP contribution in [-0.4, -0.2) is 11.1 Å². The summed E-state index contributed by atoms with van der Waals surface area (Å²) in [4.78, 5) is 10.5. The van der Waals surface area contributed by atoms with Gasteiger partial charge in [-0.15, -0.1) is 0 Å². The minimum atomic E-state index is -0.424. The Morgan fingerprint density at radius 3 is 2.93 bits per heavy atom. The molecule has 0 heterocycles. The van der Waals surface area contributed by atoms with Crippen molar-refractivity contribution >= 4 is 5.97 Å². The van der Waals surface area contributed by atoms with Crippen LogP contribution in [0.4, 0.5) is 0 Å². The lowest BCUT2D eigenvalue weighted by Crippen LogP contribution is -1.99. The molecule has 0 unspecified atom stereocenters. The fourth-order valence-corrected chi connectivity index (χ4v) is 0.950. The lowest BCUT2D eigenvalue weighted by Gasteiger charge is -2.04. The van der Waals surface area contributed by atoms with Crippen LogP contribution >= 0.6 is 0 Å². The topological polar surface area (TPSA) is 70.3 Å². The summed E-state index contributed by atoms with van der Waals surface area (Å²) in [6.45, 7) is 1.27. The molecule has 1 N–H and O–H groups in total. The second kappa shape index (κ2) is 4.28. The van der Waals surface area contributed by atoms with Gasteiger partial charge in [0.15, 0.2) is 0 Å². The number of esters is 1. The summed E-state index contributed by atoms with van der Waals surface area (Å²) in [6.07, 6.45) is 0. The third-order valence-corrected chi connectivity index (χ3v) is 1.64. The van der Waals surface area contributed by atoms with Crippen LogP contribution in [0.1, 0.15) is 18.1 Å². The predicted molar refractivity (Wildman–Crippen MR) is 48.3 cm³/mol. The van der Waals surface area contributed by atoms with Crippen molar-refractivity contribution in [2.75, 3.05) is 0 Å². The number of nitriles is 1. The molecule has 4 heteroatoms. The average Bonchev–Trinajstić information content (AvgIpc) is 2.16. The Kier molecular flexibility index (Phi) is 3.08. The Morgan fingerprint density at radius 1 is 1.64 bits per heavy atom. The first-order chi connectivity index (χ1) is 6.63. The van der Waals surface area contributed by atoms with Crippen LogP contribution < -0.4 is 0 Å². The van der Waals surface area contributed by atoms with E-state index in [0.717, 1.165) is 0 Å². The van der Waals surface area contributed by atoms with Gasteiger partial charge in [0.1, 0.15) is 12.4 Å². The van der Waals surface area contributed by atoms with Gasteiger partial charge in [-0.2, -0.15) is 5.26 Å². The van der Waals surface area contributed by atoms with E-state index in [-0.39, 0.29) is 12.4 Å². The predicted octanol–water partition coefficient (Wildman–Crippen LogP) is 1.33. The first-order valence-corrected chi connectivity index (χ1v) is 3.99. The summed E-state index contributed by atoms with van der Waals surface area (Å²) in [5.74, 6) is -0.406. The number of carbonyl (C=O) groups excluding carboxylic acids is 1. The highest BCUT2D eigenvalue weighted by atomic mass is 16.5. The molecule has 0 aromatic heterocycles. The van der Waals surface area contributed by atoms with E-state index >= 15 is 0 Å². The average molecular weight is 191 g/mol. The van der Waals surface area contributed by atoms with Gasteiger partial charge in [-0.05, 0) is 18.2 Å². The number of ether oxygens (including phenoxy) is 1. The molecule has 0 aliphatic carbocycles. The van der Waals surface area contributed by atoms with Crippen LogP contribution in [0.2, 0.25) is 0 Å². The molecule has 0 bridgehead atoms. The van der Waals surface area contributed by atoms with Gasteiger partial charge in [-0.1, -0.05) is 0 Å². The zero-order valence-corrected chi connectivity index (χ0v) is 7.65. The van der Waals surface area contributed by atoms with Gasteiger partial charge in [0, 0.05) is 12.5 Å². The van der Waals surface area contributed by atoms with Crippen molar-refractivity contribution in [2.45, 2.75) is 13.5 Å². The van der Waals surface area contributed by atoms with Crippen molar-refractivity contribution in [3.8, 4) is 11.8 Å². The van der Waals surface area contributed by atoms with E-state index < -0.39 is 5.97 Å². The molecule has 0 radical (unpaired) electrons. The fraction of sp³-hybridized carbons (Fsp3) is 0.200. The van der Waals surface area contributed by atoms with Gasteiger partial charge < -0.3 is 9.84 Å². The molecule has 0 aliphatic heterocycles. The van der Waals surface area contributed by atoms with Crippen molar-refractivity contribution < 1.29 is 14.6 Å².